The van der Waals surface area contributed by atoms with Crippen molar-refractivity contribution in [3.8, 4) is 5.75 Å². The Labute approximate surface area is 183 Å². The number of ether oxygens (including phenoxy) is 2. The molecule has 160 valence electrons. The van der Waals surface area contributed by atoms with Crippen LogP contribution in [0.4, 0.5) is 4.79 Å². The predicted molar refractivity (Wildman–Crippen MR) is 119 cm³/mol. The van der Waals surface area contributed by atoms with Crippen molar-refractivity contribution >= 4 is 14.1 Å². The van der Waals surface area contributed by atoms with Crippen LogP contribution in [0.2, 0.25) is 0 Å². The fourth-order valence-corrected chi connectivity index (χ4v) is 3.72. The van der Waals surface area contributed by atoms with Crippen LogP contribution in [0, 0.1) is 0 Å². The molecule has 1 amide bonds. The van der Waals surface area contributed by atoms with Crippen LogP contribution in [-0.4, -0.2) is 19.0 Å². The van der Waals surface area contributed by atoms with Crippen LogP contribution in [0.3, 0.4) is 0 Å². The molecule has 1 unspecified atom stereocenters. The SMILES string of the molecule is CO[P+](=O)[C@H](Cc1ccc(OCc2ccccc2)cc1)NC(=O)OCc1ccccc1. The summed E-state index contributed by atoms with van der Waals surface area (Å²) in [7, 11) is -0.750. The Morgan fingerprint density at radius 2 is 1.42 bits per heavy atom. The minimum absolute atomic E-state index is 0.136. The summed E-state index contributed by atoms with van der Waals surface area (Å²) >= 11 is 0. The van der Waals surface area contributed by atoms with Gasteiger partial charge in [0.25, 0.3) is 5.78 Å². The predicted octanol–water partition coefficient (Wildman–Crippen LogP) is 5.45. The van der Waals surface area contributed by atoms with Crippen LogP contribution in [0.1, 0.15) is 16.7 Å². The summed E-state index contributed by atoms with van der Waals surface area (Å²) in [6, 6.07) is 26.7. The van der Waals surface area contributed by atoms with Crippen LogP contribution in [-0.2, 0) is 33.5 Å². The third-order valence-corrected chi connectivity index (χ3v) is 5.71. The van der Waals surface area contributed by atoms with Crippen molar-refractivity contribution in [1.29, 1.82) is 0 Å². The highest BCUT2D eigenvalue weighted by atomic mass is 31.1. The molecule has 0 aliphatic carbocycles. The van der Waals surface area contributed by atoms with Gasteiger partial charge in [-0.25, -0.2) is 4.79 Å². The minimum Gasteiger partial charge on any atom is -0.489 e. The summed E-state index contributed by atoms with van der Waals surface area (Å²) in [5, 5.41) is 2.65. The van der Waals surface area contributed by atoms with Gasteiger partial charge in [0, 0.05) is 6.42 Å². The van der Waals surface area contributed by atoms with Gasteiger partial charge in [-0.2, -0.15) is 0 Å². The van der Waals surface area contributed by atoms with Crippen LogP contribution >= 0.6 is 8.03 Å². The molecule has 0 aliphatic heterocycles. The molecule has 0 aliphatic rings. The molecule has 0 saturated carbocycles. The highest BCUT2D eigenvalue weighted by molar-refractivity contribution is 7.40. The minimum atomic E-state index is -2.10. The molecular weight excluding hydrogens is 413 g/mol. The van der Waals surface area contributed by atoms with Gasteiger partial charge in [-0.15, -0.1) is 4.52 Å². The summed E-state index contributed by atoms with van der Waals surface area (Å²) in [5.41, 5.74) is 2.85. The largest absolute Gasteiger partial charge is 0.533 e. The number of benzene rings is 3. The monoisotopic (exact) mass is 438 g/mol. The molecule has 0 heterocycles. The number of hydrogen-bond donors (Lipinski definition) is 1. The molecule has 1 N–H and O–H groups in total. The van der Waals surface area contributed by atoms with Crippen molar-refractivity contribution in [1.82, 2.24) is 5.32 Å². The van der Waals surface area contributed by atoms with E-state index in [-0.39, 0.29) is 6.61 Å². The highest BCUT2D eigenvalue weighted by Crippen LogP contribution is 2.29. The van der Waals surface area contributed by atoms with Crippen molar-refractivity contribution in [2.45, 2.75) is 25.4 Å². The van der Waals surface area contributed by atoms with E-state index < -0.39 is 19.9 Å². The second-order valence-corrected chi connectivity index (χ2v) is 8.37. The molecule has 3 aromatic carbocycles. The normalized spacial score (nSPS) is 12.0. The maximum atomic E-state index is 12.3. The van der Waals surface area contributed by atoms with Crippen molar-refractivity contribution < 1.29 is 23.4 Å². The summed E-state index contributed by atoms with van der Waals surface area (Å²) in [6.45, 7) is 0.615. The number of carbonyl (C=O) groups is 1. The van der Waals surface area contributed by atoms with Crippen LogP contribution in [0.25, 0.3) is 0 Å². The summed E-state index contributed by atoms with van der Waals surface area (Å²) in [4.78, 5) is 12.2. The van der Waals surface area contributed by atoms with E-state index in [0.29, 0.717) is 13.0 Å². The lowest BCUT2D eigenvalue weighted by Gasteiger charge is -2.11. The zero-order valence-electron chi connectivity index (χ0n) is 17.3. The van der Waals surface area contributed by atoms with E-state index in [2.05, 4.69) is 5.32 Å². The quantitative estimate of drug-likeness (QED) is 0.426. The first-order valence-corrected chi connectivity index (χ1v) is 11.1. The molecule has 2 atom stereocenters. The average molecular weight is 438 g/mol. The molecule has 0 radical (unpaired) electrons. The topological polar surface area (TPSA) is 73.9 Å². The van der Waals surface area contributed by atoms with E-state index >= 15 is 0 Å². The van der Waals surface area contributed by atoms with Gasteiger partial charge in [-0.3, -0.25) is 5.32 Å². The van der Waals surface area contributed by atoms with Crippen molar-refractivity contribution in [3.63, 3.8) is 0 Å². The van der Waals surface area contributed by atoms with Gasteiger partial charge < -0.3 is 9.47 Å². The summed E-state index contributed by atoms with van der Waals surface area (Å²) in [6.07, 6.45) is -0.306. The second-order valence-electron chi connectivity index (χ2n) is 6.81. The molecule has 3 rings (SSSR count). The lowest BCUT2D eigenvalue weighted by atomic mass is 10.1. The maximum absolute atomic E-state index is 12.3. The molecule has 0 saturated heterocycles. The van der Waals surface area contributed by atoms with Gasteiger partial charge in [-0.1, -0.05) is 72.8 Å². The molecule has 0 spiro atoms. The van der Waals surface area contributed by atoms with Gasteiger partial charge in [0.1, 0.15) is 19.0 Å². The maximum Gasteiger partial charge on any atom is 0.533 e. The molecule has 6 nitrogen and oxygen atoms in total. The van der Waals surface area contributed by atoms with E-state index in [9.17, 15) is 9.36 Å². The highest BCUT2D eigenvalue weighted by Gasteiger charge is 2.34. The molecule has 31 heavy (non-hydrogen) atoms. The van der Waals surface area contributed by atoms with Gasteiger partial charge in [0.15, 0.2) is 0 Å². The molecule has 0 fully saturated rings. The van der Waals surface area contributed by atoms with E-state index in [1.165, 1.54) is 7.11 Å². The Morgan fingerprint density at radius 3 is 2.00 bits per heavy atom. The Kier molecular flexibility index (Phi) is 8.59. The number of hydrogen-bond acceptors (Lipinski definition) is 5. The number of carbonyl (C=O) groups excluding carboxylic acids is 1. The molecule has 0 aromatic heterocycles. The zero-order chi connectivity index (χ0) is 21.9. The number of nitrogens with one attached hydrogen (secondary N) is 1. The molecule has 3 aromatic rings. The summed E-state index contributed by atoms with van der Waals surface area (Å²) < 4.78 is 28.3. The van der Waals surface area contributed by atoms with Gasteiger partial charge in [0.2, 0.25) is 0 Å². The smallest absolute Gasteiger partial charge is 0.489 e. The Hall–Kier alpha value is -3.21. The van der Waals surface area contributed by atoms with Gasteiger partial charge in [-0.05, 0) is 33.4 Å². The Bertz CT molecular complexity index is 964. The fraction of sp³-hybridized carbons (Fsp3) is 0.208. The molecular formula is C24H25NO5P+. The third kappa shape index (κ3) is 7.52. The van der Waals surface area contributed by atoms with Crippen LogP contribution in [0.5, 0.6) is 5.75 Å². The number of amides is 1. The average Bonchev–Trinajstić information content (AvgIpc) is 2.82. The Morgan fingerprint density at radius 1 is 0.839 bits per heavy atom. The first kappa shape index (κ1) is 22.5. The lowest BCUT2D eigenvalue weighted by Crippen LogP contribution is -2.34. The molecule has 7 heteroatoms. The lowest BCUT2D eigenvalue weighted by molar-refractivity contribution is 0.138. The fourth-order valence-electron chi connectivity index (χ4n) is 2.89. The second kappa shape index (κ2) is 11.8. The van der Waals surface area contributed by atoms with E-state index in [4.69, 9.17) is 14.0 Å². The van der Waals surface area contributed by atoms with E-state index in [0.717, 1.165) is 22.4 Å². The van der Waals surface area contributed by atoms with Gasteiger partial charge in [0.05, 0.1) is 7.11 Å². The summed E-state index contributed by atoms with van der Waals surface area (Å²) in [5.74, 6) is 0.0230. The first-order valence-electron chi connectivity index (χ1n) is 9.87. The number of alkyl carbamates (subject to hydrolysis) is 1. The Balaban J connectivity index is 1.53. The van der Waals surface area contributed by atoms with E-state index in [1.807, 2.05) is 84.9 Å². The van der Waals surface area contributed by atoms with Crippen LogP contribution < -0.4 is 10.1 Å². The van der Waals surface area contributed by atoms with E-state index in [1.54, 1.807) is 0 Å². The van der Waals surface area contributed by atoms with Crippen molar-refractivity contribution in [2.75, 3.05) is 7.11 Å². The molecule has 0 bridgehead atoms. The third-order valence-electron chi connectivity index (χ3n) is 4.53. The zero-order valence-corrected chi connectivity index (χ0v) is 18.2. The number of rotatable bonds is 10. The standard InChI is InChI=1S/C24H24NO5P/c1-28-31(27)23(25-24(26)30-18-21-10-6-3-7-11-21)16-19-12-14-22(15-13-19)29-17-20-8-4-2-5-9-20/h2-15,23H,16-18H2,1H3/p+1/t23-/m1/s1. The van der Waals surface area contributed by atoms with Crippen molar-refractivity contribution in [3.05, 3.63) is 102 Å². The van der Waals surface area contributed by atoms with Crippen molar-refractivity contribution in [2.24, 2.45) is 0 Å². The van der Waals surface area contributed by atoms with Crippen LogP contribution in [0.15, 0.2) is 84.9 Å². The van der Waals surface area contributed by atoms with Gasteiger partial charge >= 0.3 is 14.1 Å². The first-order chi connectivity index (χ1) is 15.1.